The summed E-state index contributed by atoms with van der Waals surface area (Å²) in [5.74, 6) is 0. The molecule has 2 atom stereocenters. The second-order valence-electron chi connectivity index (χ2n) is 5.43. The lowest BCUT2D eigenvalue weighted by atomic mass is 10.2. The maximum atomic E-state index is 9.79. The summed E-state index contributed by atoms with van der Waals surface area (Å²) < 4.78 is 15.2. The fourth-order valence-electron chi connectivity index (χ4n) is 0.856. The SMILES string of the molecule is CC(C)(C)OP(O)(=S)OP(O)(=S)OC(C)(C)C. The first-order valence-corrected chi connectivity index (χ1v) is 10.1. The van der Waals surface area contributed by atoms with Crippen LogP contribution in [0, 0.1) is 0 Å². The van der Waals surface area contributed by atoms with Crippen molar-refractivity contribution in [2.45, 2.75) is 52.7 Å². The third kappa shape index (κ3) is 10.7. The van der Waals surface area contributed by atoms with Gasteiger partial charge in [-0.2, -0.15) is 0 Å². The zero-order valence-electron chi connectivity index (χ0n) is 10.8. The maximum absolute atomic E-state index is 9.79. The molecule has 0 bridgehead atoms. The molecule has 2 N–H and O–H groups in total. The Morgan fingerprint density at radius 1 is 0.765 bits per heavy atom. The van der Waals surface area contributed by atoms with Gasteiger partial charge in [-0.05, 0) is 65.2 Å². The van der Waals surface area contributed by atoms with Crippen LogP contribution in [0.2, 0.25) is 0 Å². The third-order valence-corrected chi connectivity index (χ3v) is 5.84. The van der Waals surface area contributed by atoms with Crippen LogP contribution in [-0.2, 0) is 37.0 Å². The van der Waals surface area contributed by atoms with E-state index in [0.29, 0.717) is 0 Å². The van der Waals surface area contributed by atoms with Gasteiger partial charge in [-0.15, -0.1) is 0 Å². The second kappa shape index (κ2) is 5.61. The number of hydrogen-bond acceptors (Lipinski definition) is 5. The van der Waals surface area contributed by atoms with Gasteiger partial charge in [0.2, 0.25) is 0 Å². The summed E-state index contributed by atoms with van der Waals surface area (Å²) in [5, 5.41) is 0. The van der Waals surface area contributed by atoms with Gasteiger partial charge in [0.1, 0.15) is 0 Å². The average molecular weight is 322 g/mol. The Morgan fingerprint density at radius 3 is 1.18 bits per heavy atom. The summed E-state index contributed by atoms with van der Waals surface area (Å²) >= 11 is 9.54. The first-order chi connectivity index (χ1) is 7.12. The fraction of sp³-hybridized carbons (Fsp3) is 1.00. The minimum Gasteiger partial charge on any atom is -0.324 e. The topological polar surface area (TPSA) is 68.2 Å². The lowest BCUT2D eigenvalue weighted by molar-refractivity contribution is 0.0860. The van der Waals surface area contributed by atoms with Crippen molar-refractivity contribution in [3.05, 3.63) is 0 Å². The molecule has 0 aromatic heterocycles. The Morgan fingerprint density at radius 2 is 1.00 bits per heavy atom. The Hall–Kier alpha value is 1.10. The molecule has 0 aromatic rings. The Labute approximate surface area is 113 Å². The van der Waals surface area contributed by atoms with E-state index in [1.807, 2.05) is 0 Å². The van der Waals surface area contributed by atoms with E-state index >= 15 is 0 Å². The highest BCUT2D eigenvalue weighted by Crippen LogP contribution is 2.63. The maximum Gasteiger partial charge on any atom is 0.332 e. The minimum absolute atomic E-state index is 0.693. The highest BCUT2D eigenvalue weighted by molar-refractivity contribution is 8.14. The molecule has 0 heterocycles. The molecule has 0 spiro atoms. The molecule has 0 rings (SSSR count). The monoisotopic (exact) mass is 322 g/mol. The van der Waals surface area contributed by atoms with Crippen molar-refractivity contribution in [3.63, 3.8) is 0 Å². The largest absolute Gasteiger partial charge is 0.332 e. The summed E-state index contributed by atoms with van der Waals surface area (Å²) in [6.45, 7) is 3.01. The van der Waals surface area contributed by atoms with Gasteiger partial charge in [0.25, 0.3) is 0 Å². The highest BCUT2D eigenvalue weighted by Gasteiger charge is 2.34. The van der Waals surface area contributed by atoms with Gasteiger partial charge < -0.3 is 18.8 Å². The summed E-state index contributed by atoms with van der Waals surface area (Å²) in [5.41, 5.74) is -1.39. The van der Waals surface area contributed by atoms with Gasteiger partial charge in [-0.3, -0.25) is 0 Å². The van der Waals surface area contributed by atoms with E-state index in [1.165, 1.54) is 0 Å². The highest BCUT2D eigenvalue weighted by atomic mass is 32.5. The molecule has 0 aliphatic heterocycles. The van der Waals surface area contributed by atoms with Crippen LogP contribution in [-0.4, -0.2) is 21.0 Å². The molecule has 2 unspecified atom stereocenters. The van der Waals surface area contributed by atoms with Crippen molar-refractivity contribution in [1.29, 1.82) is 0 Å². The number of rotatable bonds is 4. The zero-order chi connectivity index (χ0) is 14.1. The van der Waals surface area contributed by atoms with Crippen LogP contribution < -0.4 is 0 Å². The van der Waals surface area contributed by atoms with Crippen LogP contribution in [0.15, 0.2) is 0 Å². The van der Waals surface area contributed by atoms with Gasteiger partial charge in [-0.25, -0.2) is 4.31 Å². The first-order valence-electron chi connectivity index (χ1n) is 4.90. The van der Waals surface area contributed by atoms with E-state index in [9.17, 15) is 9.79 Å². The average Bonchev–Trinajstić information content (AvgIpc) is 1.65. The normalized spacial score (nSPS) is 20.7. The lowest BCUT2D eigenvalue weighted by Crippen LogP contribution is -2.20. The summed E-state index contributed by atoms with van der Waals surface area (Å²) in [6, 6.07) is 0. The van der Waals surface area contributed by atoms with Crippen molar-refractivity contribution >= 4 is 37.1 Å². The predicted molar refractivity (Wildman–Crippen MR) is 75.8 cm³/mol. The molecule has 0 amide bonds. The standard InChI is InChI=1S/C8H20O5P2S2/c1-7(2,3)11-14(9,16)13-15(10,17)12-8(4,5)6/h1-6H3,(H,9,16)(H,10,17). The molecule has 0 aromatic carbocycles. The van der Waals surface area contributed by atoms with Crippen LogP contribution >= 0.6 is 13.4 Å². The molecule has 0 saturated carbocycles. The third-order valence-electron chi connectivity index (χ3n) is 0.985. The first kappa shape index (κ1) is 18.1. The molecule has 0 aliphatic rings. The van der Waals surface area contributed by atoms with E-state index in [2.05, 4.69) is 0 Å². The predicted octanol–water partition coefficient (Wildman–Crippen LogP) is 3.07. The van der Waals surface area contributed by atoms with Crippen LogP contribution in [0.25, 0.3) is 0 Å². The Balaban J connectivity index is 4.72. The van der Waals surface area contributed by atoms with Gasteiger partial charge in [0.05, 0.1) is 11.2 Å². The van der Waals surface area contributed by atoms with E-state index in [0.717, 1.165) is 0 Å². The van der Waals surface area contributed by atoms with Crippen molar-refractivity contribution in [1.82, 2.24) is 0 Å². The van der Waals surface area contributed by atoms with Crippen molar-refractivity contribution < 1.29 is 23.1 Å². The van der Waals surface area contributed by atoms with Crippen LogP contribution in [0.3, 0.4) is 0 Å². The molecule has 0 radical (unpaired) electrons. The minimum atomic E-state index is -3.62. The molecule has 0 saturated heterocycles. The zero-order valence-corrected chi connectivity index (χ0v) is 14.3. The van der Waals surface area contributed by atoms with Crippen LogP contribution in [0.1, 0.15) is 41.5 Å². The summed E-state index contributed by atoms with van der Waals surface area (Å²) in [4.78, 5) is 19.6. The van der Waals surface area contributed by atoms with Gasteiger partial charge in [-0.1, -0.05) is 0 Å². The van der Waals surface area contributed by atoms with E-state index in [4.69, 9.17) is 37.0 Å². The lowest BCUT2D eigenvalue weighted by Gasteiger charge is -2.30. The van der Waals surface area contributed by atoms with Crippen LogP contribution in [0.5, 0.6) is 0 Å². The fourth-order valence-corrected chi connectivity index (χ4v) is 6.90. The van der Waals surface area contributed by atoms with Gasteiger partial charge in [0, 0.05) is 0 Å². The van der Waals surface area contributed by atoms with E-state index in [-0.39, 0.29) is 0 Å². The molecule has 0 fully saturated rings. The Bertz CT molecular complexity index is 324. The summed E-state index contributed by atoms with van der Waals surface area (Å²) in [7, 11) is 0. The van der Waals surface area contributed by atoms with Crippen LogP contribution in [0.4, 0.5) is 0 Å². The Kier molecular flexibility index (Phi) is 5.98. The molecule has 5 nitrogen and oxygen atoms in total. The van der Waals surface area contributed by atoms with Crippen molar-refractivity contribution in [2.75, 3.05) is 0 Å². The molecule has 104 valence electrons. The molecule has 0 aliphatic carbocycles. The molecule has 17 heavy (non-hydrogen) atoms. The quantitative estimate of drug-likeness (QED) is 0.771. The van der Waals surface area contributed by atoms with Gasteiger partial charge >= 0.3 is 13.4 Å². The smallest absolute Gasteiger partial charge is 0.324 e. The van der Waals surface area contributed by atoms with Crippen molar-refractivity contribution in [2.24, 2.45) is 0 Å². The molecular formula is C8H20O5P2S2. The second-order valence-corrected chi connectivity index (χ2v) is 11.1. The molecule has 9 heteroatoms. The summed E-state index contributed by atoms with van der Waals surface area (Å²) in [6.07, 6.45) is 0. The molecular weight excluding hydrogens is 302 g/mol. The van der Waals surface area contributed by atoms with Gasteiger partial charge in [0.15, 0.2) is 0 Å². The number of hydrogen-bond donors (Lipinski definition) is 2. The van der Waals surface area contributed by atoms with E-state index < -0.39 is 24.6 Å². The van der Waals surface area contributed by atoms with E-state index in [1.54, 1.807) is 41.5 Å². The van der Waals surface area contributed by atoms with Crippen molar-refractivity contribution in [3.8, 4) is 0 Å².